The molecule has 0 spiro atoms. The number of aromatic nitrogens is 2. The highest BCUT2D eigenvalue weighted by atomic mass is 35.5. The summed E-state index contributed by atoms with van der Waals surface area (Å²) < 4.78 is 5.22. The normalized spacial score (nSPS) is 10.3. The molecule has 1 aromatic carbocycles. The van der Waals surface area contributed by atoms with E-state index in [4.69, 9.17) is 22.1 Å². The first-order chi connectivity index (χ1) is 8.22. The second-order valence-corrected chi connectivity index (χ2v) is 4.67. The molecule has 0 atom stereocenters. The number of anilines is 2. The number of hydrogen-bond donors (Lipinski definition) is 2. The fourth-order valence-electron chi connectivity index (χ4n) is 1.28. The Hall–Kier alpha value is -1.37. The second-order valence-electron chi connectivity index (χ2n) is 3.17. The largest absolute Gasteiger partial charge is 0.495 e. The molecule has 3 N–H and O–H groups in total. The molecule has 90 valence electrons. The minimum absolute atomic E-state index is 0.381. The van der Waals surface area contributed by atoms with Crippen molar-refractivity contribution in [3.05, 3.63) is 28.2 Å². The maximum Gasteiger partial charge on any atom is 0.210 e. The topological polar surface area (TPSA) is 73.1 Å². The lowest BCUT2D eigenvalue weighted by atomic mass is 10.3. The van der Waals surface area contributed by atoms with Crippen LogP contribution in [0.15, 0.2) is 18.2 Å². The van der Waals surface area contributed by atoms with E-state index in [1.807, 2.05) is 0 Å². The first-order valence-electron chi connectivity index (χ1n) is 4.86. The van der Waals surface area contributed by atoms with E-state index >= 15 is 0 Å². The monoisotopic (exact) mass is 270 g/mol. The molecule has 0 amide bonds. The minimum Gasteiger partial charge on any atom is -0.495 e. The van der Waals surface area contributed by atoms with Crippen LogP contribution < -0.4 is 15.8 Å². The van der Waals surface area contributed by atoms with Crippen molar-refractivity contribution in [2.75, 3.05) is 12.4 Å². The maximum atomic E-state index is 5.92. The molecule has 5 nitrogen and oxygen atoms in total. The Morgan fingerprint density at radius 1 is 1.47 bits per heavy atom. The van der Waals surface area contributed by atoms with Crippen LogP contribution >= 0.6 is 22.9 Å². The van der Waals surface area contributed by atoms with Crippen LogP contribution in [0.1, 0.15) is 5.01 Å². The molecule has 2 aromatic rings. The first kappa shape index (κ1) is 12.1. The molecule has 0 aliphatic carbocycles. The molecule has 0 radical (unpaired) electrons. The lowest BCUT2D eigenvalue weighted by Crippen LogP contribution is -1.94. The third-order valence-corrected chi connectivity index (χ3v) is 3.14. The van der Waals surface area contributed by atoms with Crippen molar-refractivity contribution in [1.29, 1.82) is 0 Å². The summed E-state index contributed by atoms with van der Waals surface area (Å²) in [6.45, 7) is 0.381. The molecule has 7 heteroatoms. The van der Waals surface area contributed by atoms with Crippen molar-refractivity contribution in [2.45, 2.75) is 6.54 Å². The fourth-order valence-corrected chi connectivity index (χ4v) is 2.08. The van der Waals surface area contributed by atoms with Crippen molar-refractivity contribution >= 4 is 33.8 Å². The van der Waals surface area contributed by atoms with E-state index in [1.54, 1.807) is 25.3 Å². The number of nitrogens with zero attached hydrogens (tertiary/aromatic N) is 2. The summed E-state index contributed by atoms with van der Waals surface area (Å²) >= 11 is 7.32. The highest BCUT2D eigenvalue weighted by Gasteiger charge is 2.07. The van der Waals surface area contributed by atoms with Crippen LogP contribution in [-0.4, -0.2) is 17.3 Å². The van der Waals surface area contributed by atoms with Gasteiger partial charge in [0.1, 0.15) is 10.8 Å². The molecule has 0 aliphatic heterocycles. The van der Waals surface area contributed by atoms with Gasteiger partial charge in [0.25, 0.3) is 0 Å². The zero-order valence-electron chi connectivity index (χ0n) is 9.11. The smallest absolute Gasteiger partial charge is 0.210 e. The van der Waals surface area contributed by atoms with Crippen LogP contribution in [0.25, 0.3) is 0 Å². The van der Waals surface area contributed by atoms with Crippen LogP contribution in [0.2, 0.25) is 5.02 Å². The number of methoxy groups -OCH3 is 1. The number of nitrogens with two attached hydrogens (primary N) is 1. The molecule has 1 aromatic heterocycles. The molecule has 0 bridgehead atoms. The Kier molecular flexibility index (Phi) is 3.78. The molecular formula is C10H11ClN4OS. The van der Waals surface area contributed by atoms with Crippen LogP contribution in [0.4, 0.5) is 10.8 Å². The highest BCUT2D eigenvalue weighted by Crippen LogP contribution is 2.31. The predicted molar refractivity (Wildman–Crippen MR) is 69.1 cm³/mol. The maximum absolute atomic E-state index is 5.92. The van der Waals surface area contributed by atoms with Gasteiger partial charge in [-0.05, 0) is 18.2 Å². The van der Waals surface area contributed by atoms with Crippen molar-refractivity contribution in [1.82, 2.24) is 10.2 Å². The Morgan fingerprint density at radius 3 is 2.94 bits per heavy atom. The predicted octanol–water partition coefficient (Wildman–Crippen LogP) is 2.40. The summed E-state index contributed by atoms with van der Waals surface area (Å²) in [5, 5.41) is 13.0. The lowest BCUT2D eigenvalue weighted by Gasteiger charge is -2.08. The molecule has 0 aliphatic rings. The molecule has 1 heterocycles. The van der Waals surface area contributed by atoms with Gasteiger partial charge < -0.3 is 15.8 Å². The standard InChI is InChI=1S/C10H11ClN4OS/c1-16-8-3-2-6(11)4-7(8)13-10-15-14-9(5-12)17-10/h2-4H,5,12H2,1H3,(H,13,15). The average Bonchev–Trinajstić information content (AvgIpc) is 2.77. The zero-order chi connectivity index (χ0) is 12.3. The van der Waals surface area contributed by atoms with Gasteiger partial charge in [-0.3, -0.25) is 0 Å². The van der Waals surface area contributed by atoms with Crippen LogP contribution in [0.3, 0.4) is 0 Å². The first-order valence-corrected chi connectivity index (χ1v) is 6.05. The number of halogens is 1. The van der Waals surface area contributed by atoms with Gasteiger partial charge in [0, 0.05) is 11.6 Å². The Morgan fingerprint density at radius 2 is 2.29 bits per heavy atom. The van der Waals surface area contributed by atoms with E-state index < -0.39 is 0 Å². The summed E-state index contributed by atoms with van der Waals surface area (Å²) in [4.78, 5) is 0. The third kappa shape index (κ3) is 2.85. The number of rotatable bonds is 4. The second kappa shape index (κ2) is 5.31. The number of nitrogens with one attached hydrogen (secondary N) is 1. The van der Waals surface area contributed by atoms with Gasteiger partial charge in [0.15, 0.2) is 0 Å². The Bertz CT molecular complexity index is 517. The van der Waals surface area contributed by atoms with Gasteiger partial charge in [0.05, 0.1) is 12.8 Å². The molecule has 0 fully saturated rings. The van der Waals surface area contributed by atoms with E-state index in [1.165, 1.54) is 11.3 Å². The van der Waals surface area contributed by atoms with Crippen LogP contribution in [0, 0.1) is 0 Å². The van der Waals surface area contributed by atoms with Gasteiger partial charge in [-0.1, -0.05) is 22.9 Å². The minimum atomic E-state index is 0.381. The fraction of sp³-hybridized carbons (Fsp3) is 0.200. The number of ether oxygens (including phenoxy) is 1. The molecule has 0 unspecified atom stereocenters. The van der Waals surface area contributed by atoms with Gasteiger partial charge in [-0.2, -0.15) is 0 Å². The molecule has 17 heavy (non-hydrogen) atoms. The van der Waals surface area contributed by atoms with Gasteiger partial charge in [0.2, 0.25) is 5.13 Å². The molecule has 0 saturated heterocycles. The summed E-state index contributed by atoms with van der Waals surface area (Å²) in [5.41, 5.74) is 6.22. The van der Waals surface area contributed by atoms with Crippen LogP contribution in [-0.2, 0) is 6.54 Å². The van der Waals surface area contributed by atoms with Crippen molar-refractivity contribution in [3.8, 4) is 5.75 Å². The highest BCUT2D eigenvalue weighted by molar-refractivity contribution is 7.15. The summed E-state index contributed by atoms with van der Waals surface area (Å²) in [6.07, 6.45) is 0. The molecule has 0 saturated carbocycles. The quantitative estimate of drug-likeness (QED) is 0.892. The summed E-state index contributed by atoms with van der Waals surface area (Å²) in [5.74, 6) is 0.693. The van der Waals surface area contributed by atoms with E-state index in [2.05, 4.69) is 15.5 Å². The number of benzene rings is 1. The van der Waals surface area contributed by atoms with Crippen molar-refractivity contribution < 1.29 is 4.74 Å². The van der Waals surface area contributed by atoms with Crippen molar-refractivity contribution in [3.63, 3.8) is 0 Å². The third-order valence-electron chi connectivity index (χ3n) is 2.04. The average molecular weight is 271 g/mol. The van der Waals surface area contributed by atoms with E-state index in [0.29, 0.717) is 22.4 Å². The van der Waals surface area contributed by atoms with E-state index in [-0.39, 0.29) is 0 Å². The van der Waals surface area contributed by atoms with Gasteiger partial charge >= 0.3 is 0 Å². The van der Waals surface area contributed by atoms with E-state index in [9.17, 15) is 0 Å². The molecule has 2 rings (SSSR count). The Balaban J connectivity index is 2.25. The summed E-state index contributed by atoms with van der Waals surface area (Å²) in [6, 6.07) is 5.32. The molecular weight excluding hydrogens is 260 g/mol. The zero-order valence-corrected chi connectivity index (χ0v) is 10.7. The number of hydrogen-bond acceptors (Lipinski definition) is 6. The van der Waals surface area contributed by atoms with Crippen molar-refractivity contribution in [2.24, 2.45) is 5.73 Å². The summed E-state index contributed by atoms with van der Waals surface area (Å²) in [7, 11) is 1.60. The van der Waals surface area contributed by atoms with Gasteiger partial charge in [-0.15, -0.1) is 10.2 Å². The van der Waals surface area contributed by atoms with Crippen LogP contribution in [0.5, 0.6) is 5.75 Å². The van der Waals surface area contributed by atoms with Gasteiger partial charge in [-0.25, -0.2) is 0 Å². The Labute approximate surface area is 108 Å². The SMILES string of the molecule is COc1ccc(Cl)cc1Nc1nnc(CN)s1. The lowest BCUT2D eigenvalue weighted by molar-refractivity contribution is 0.417. The van der Waals surface area contributed by atoms with E-state index in [0.717, 1.165) is 10.7 Å².